The average molecular weight is 315 g/mol. The van der Waals surface area contributed by atoms with Gasteiger partial charge in [-0.2, -0.15) is 0 Å². The Morgan fingerprint density at radius 2 is 1.91 bits per heavy atom. The van der Waals surface area contributed by atoms with Crippen LogP contribution in [0.25, 0.3) is 0 Å². The van der Waals surface area contributed by atoms with E-state index < -0.39 is 12.0 Å². The molecule has 2 N–H and O–H groups in total. The monoisotopic (exact) mass is 315 g/mol. The quantitative estimate of drug-likeness (QED) is 0.882. The summed E-state index contributed by atoms with van der Waals surface area (Å²) in [7, 11) is 0. The van der Waals surface area contributed by atoms with Crippen LogP contribution >= 0.6 is 11.8 Å². The average Bonchev–Trinajstić information content (AvgIpc) is 3.05. The fourth-order valence-electron chi connectivity index (χ4n) is 2.38. The second kappa shape index (κ2) is 6.85. The zero-order valence-corrected chi connectivity index (χ0v) is 12.8. The van der Waals surface area contributed by atoms with E-state index in [9.17, 15) is 9.90 Å². The van der Waals surface area contributed by atoms with E-state index in [1.165, 1.54) is 0 Å². The van der Waals surface area contributed by atoms with E-state index in [-0.39, 0.29) is 5.37 Å². The minimum absolute atomic E-state index is 0.117. The molecule has 0 saturated carbocycles. The first-order chi connectivity index (χ1) is 10.7. The van der Waals surface area contributed by atoms with Crippen LogP contribution in [0, 0.1) is 0 Å². The third-order valence-corrected chi connectivity index (χ3v) is 4.96. The summed E-state index contributed by atoms with van der Waals surface area (Å²) in [5.41, 5.74) is 2.23. The molecule has 0 bridgehead atoms. The van der Waals surface area contributed by atoms with Crippen molar-refractivity contribution in [3.8, 4) is 5.75 Å². The van der Waals surface area contributed by atoms with Crippen LogP contribution in [0.3, 0.4) is 0 Å². The Bertz CT molecular complexity index is 630. The molecule has 1 heterocycles. The Kier molecular flexibility index (Phi) is 4.65. The van der Waals surface area contributed by atoms with Crippen molar-refractivity contribution >= 4 is 17.7 Å². The molecule has 22 heavy (non-hydrogen) atoms. The smallest absolute Gasteiger partial charge is 0.159 e. The molecule has 114 valence electrons. The van der Waals surface area contributed by atoms with E-state index in [1.807, 2.05) is 59.9 Å². The summed E-state index contributed by atoms with van der Waals surface area (Å²) in [6.07, 6.45) is 0. The van der Waals surface area contributed by atoms with Gasteiger partial charge in [0.1, 0.15) is 24.4 Å². The maximum atomic E-state index is 10.9. The topological polar surface area (TPSA) is 66.0 Å². The zero-order chi connectivity index (χ0) is 15.4. The number of hydrogen-bond acceptors (Lipinski definition) is 4. The summed E-state index contributed by atoms with van der Waals surface area (Å²) in [5, 5.41) is 12.8. The van der Waals surface area contributed by atoms with Gasteiger partial charge in [0.2, 0.25) is 0 Å². The molecule has 0 amide bonds. The van der Waals surface area contributed by atoms with Gasteiger partial charge in [-0.3, -0.25) is 0 Å². The zero-order valence-electron chi connectivity index (χ0n) is 12.0. The van der Waals surface area contributed by atoms with Crippen LogP contribution in [0.2, 0.25) is 0 Å². The summed E-state index contributed by atoms with van der Waals surface area (Å²) in [5.74, 6) is 0.407. The van der Waals surface area contributed by atoms with Gasteiger partial charge in [-0.05, 0) is 29.8 Å². The van der Waals surface area contributed by atoms with Crippen molar-refractivity contribution in [2.75, 3.05) is 5.75 Å². The SMILES string of the molecule is O=C([O-])[C@@H]1CS[C@H](c2ccc(OCc3ccccc3)cc2)[NH2+]1. The number of nitrogens with two attached hydrogens (primary N) is 1. The second-order valence-corrected chi connectivity index (χ2v) is 6.39. The van der Waals surface area contributed by atoms with E-state index in [0.29, 0.717) is 12.4 Å². The van der Waals surface area contributed by atoms with Crippen molar-refractivity contribution in [3.05, 3.63) is 65.7 Å². The number of hydrogen-bond donors (Lipinski definition) is 1. The van der Waals surface area contributed by atoms with Crippen LogP contribution in [-0.2, 0) is 11.4 Å². The molecule has 2 aromatic rings. The number of carboxylic acids is 1. The van der Waals surface area contributed by atoms with Crippen LogP contribution in [-0.4, -0.2) is 17.8 Å². The number of carbonyl (C=O) groups is 1. The molecule has 0 unspecified atom stereocenters. The normalized spacial score (nSPS) is 20.7. The molecular weight excluding hydrogens is 298 g/mol. The molecular formula is C17H17NO3S. The molecule has 1 aliphatic rings. The van der Waals surface area contributed by atoms with Gasteiger partial charge in [-0.25, -0.2) is 0 Å². The van der Waals surface area contributed by atoms with Crippen molar-refractivity contribution in [1.29, 1.82) is 0 Å². The van der Waals surface area contributed by atoms with Crippen molar-refractivity contribution < 1.29 is 20.0 Å². The molecule has 3 rings (SSSR count). The number of thioether (sulfide) groups is 1. The van der Waals surface area contributed by atoms with Crippen molar-refractivity contribution in [1.82, 2.24) is 0 Å². The molecule has 2 atom stereocenters. The minimum atomic E-state index is -0.988. The molecule has 0 aromatic heterocycles. The third kappa shape index (κ3) is 3.61. The Morgan fingerprint density at radius 1 is 1.18 bits per heavy atom. The summed E-state index contributed by atoms with van der Waals surface area (Å²) in [4.78, 5) is 10.9. The maximum Gasteiger partial charge on any atom is 0.159 e. The van der Waals surface area contributed by atoms with Crippen LogP contribution < -0.4 is 15.2 Å². The van der Waals surface area contributed by atoms with Gasteiger partial charge in [-0.1, -0.05) is 42.1 Å². The highest BCUT2D eigenvalue weighted by atomic mass is 32.2. The predicted molar refractivity (Wildman–Crippen MR) is 83.1 cm³/mol. The van der Waals surface area contributed by atoms with E-state index in [2.05, 4.69) is 0 Å². The van der Waals surface area contributed by atoms with Gasteiger partial charge < -0.3 is 20.0 Å². The molecule has 1 fully saturated rings. The number of carboxylic acid groups (broad SMARTS) is 1. The number of ether oxygens (including phenoxy) is 1. The van der Waals surface area contributed by atoms with Crippen molar-refractivity contribution in [2.45, 2.75) is 18.0 Å². The number of rotatable bonds is 5. The first kappa shape index (κ1) is 14.9. The second-order valence-electron chi connectivity index (χ2n) is 5.22. The van der Waals surface area contributed by atoms with Crippen LogP contribution in [0.15, 0.2) is 54.6 Å². The van der Waals surface area contributed by atoms with Gasteiger partial charge in [-0.15, -0.1) is 0 Å². The predicted octanol–water partition coefficient (Wildman–Crippen LogP) is 0.693. The summed E-state index contributed by atoms with van der Waals surface area (Å²) >= 11 is 1.63. The third-order valence-electron chi connectivity index (χ3n) is 3.62. The summed E-state index contributed by atoms with van der Waals surface area (Å²) in [6, 6.07) is 17.4. The lowest BCUT2D eigenvalue weighted by Gasteiger charge is -2.12. The first-order valence-corrected chi connectivity index (χ1v) is 8.21. The summed E-state index contributed by atoms with van der Waals surface area (Å²) < 4.78 is 5.75. The van der Waals surface area contributed by atoms with Crippen LogP contribution in [0.1, 0.15) is 16.5 Å². The highest BCUT2D eigenvalue weighted by Crippen LogP contribution is 2.28. The van der Waals surface area contributed by atoms with Crippen LogP contribution in [0.4, 0.5) is 0 Å². The Morgan fingerprint density at radius 3 is 2.55 bits per heavy atom. The molecule has 1 saturated heterocycles. The summed E-state index contributed by atoms with van der Waals surface area (Å²) in [6.45, 7) is 0.539. The molecule has 2 aromatic carbocycles. The Balaban J connectivity index is 1.58. The van der Waals surface area contributed by atoms with E-state index in [1.54, 1.807) is 11.8 Å². The highest BCUT2D eigenvalue weighted by molar-refractivity contribution is 7.99. The van der Waals surface area contributed by atoms with Crippen LogP contribution in [0.5, 0.6) is 5.75 Å². The highest BCUT2D eigenvalue weighted by Gasteiger charge is 2.30. The van der Waals surface area contributed by atoms with Crippen molar-refractivity contribution in [3.63, 3.8) is 0 Å². The van der Waals surface area contributed by atoms with E-state index >= 15 is 0 Å². The number of carbonyl (C=O) groups excluding carboxylic acids is 1. The maximum absolute atomic E-state index is 10.9. The number of benzene rings is 2. The van der Waals surface area contributed by atoms with Gasteiger partial charge in [0.25, 0.3) is 0 Å². The Labute approximate surface area is 133 Å². The molecule has 4 nitrogen and oxygen atoms in total. The lowest BCUT2D eigenvalue weighted by atomic mass is 10.2. The van der Waals surface area contributed by atoms with Gasteiger partial charge >= 0.3 is 0 Å². The molecule has 5 heteroatoms. The fourth-order valence-corrected chi connectivity index (χ4v) is 3.69. The molecule has 0 radical (unpaired) electrons. The van der Waals surface area contributed by atoms with Gasteiger partial charge in [0.05, 0.1) is 5.75 Å². The van der Waals surface area contributed by atoms with E-state index in [0.717, 1.165) is 16.9 Å². The molecule has 0 aliphatic carbocycles. The number of aliphatic carboxylic acids is 1. The fraction of sp³-hybridized carbons (Fsp3) is 0.235. The molecule has 1 aliphatic heterocycles. The van der Waals surface area contributed by atoms with Gasteiger partial charge in [0, 0.05) is 5.56 Å². The largest absolute Gasteiger partial charge is 0.544 e. The van der Waals surface area contributed by atoms with E-state index in [4.69, 9.17) is 4.74 Å². The first-order valence-electron chi connectivity index (χ1n) is 7.16. The lowest BCUT2D eigenvalue weighted by Crippen LogP contribution is -2.90. The Hall–Kier alpha value is -1.98. The molecule has 0 spiro atoms. The standard InChI is InChI=1S/C17H17NO3S/c19-17(20)15-11-22-16(18-15)13-6-8-14(9-7-13)21-10-12-4-2-1-3-5-12/h1-9,15-16,18H,10-11H2,(H,19,20)/t15-,16+/m0/s1. The van der Waals surface area contributed by atoms with Crippen molar-refractivity contribution in [2.24, 2.45) is 0 Å². The van der Waals surface area contributed by atoms with Gasteiger partial charge in [0.15, 0.2) is 5.37 Å². The lowest BCUT2D eigenvalue weighted by molar-refractivity contribution is -0.690. The number of quaternary nitrogens is 1. The minimum Gasteiger partial charge on any atom is -0.544 e.